The number of aromatic nitrogens is 3. The maximum absolute atomic E-state index is 13.3. The molecule has 1 saturated heterocycles. The lowest BCUT2D eigenvalue weighted by atomic mass is 10.1. The number of hydrogen-bond donors (Lipinski definition) is 0. The van der Waals surface area contributed by atoms with Gasteiger partial charge in [0.1, 0.15) is 0 Å². The molecule has 12 heteroatoms. The second-order valence-corrected chi connectivity index (χ2v) is 10.4. The van der Waals surface area contributed by atoms with E-state index in [1.54, 1.807) is 28.8 Å². The Balaban J connectivity index is 1.54. The molecule has 1 fully saturated rings. The number of aryl methyl sites for hydroxylation is 1. The number of carbonyl (C=O) groups is 1. The van der Waals surface area contributed by atoms with E-state index >= 15 is 0 Å². The lowest BCUT2D eigenvalue weighted by Crippen LogP contribution is -2.50. The van der Waals surface area contributed by atoms with Gasteiger partial charge in [0, 0.05) is 37.9 Å². The van der Waals surface area contributed by atoms with Gasteiger partial charge in [-0.05, 0) is 45.0 Å². The SMILES string of the molecule is Cc1cc(C(=O)N2CCN(S(=O)(=O)c3cccc(C(F)(F)F)c3)CC2)c2cnn(C(C)C)c2n1. The summed E-state index contributed by atoms with van der Waals surface area (Å²) < 4.78 is 67.8. The number of amides is 1. The van der Waals surface area contributed by atoms with E-state index in [2.05, 4.69) is 10.1 Å². The molecule has 2 aromatic heterocycles. The Morgan fingerprint density at radius 2 is 1.76 bits per heavy atom. The zero-order valence-electron chi connectivity index (χ0n) is 18.9. The van der Waals surface area contributed by atoms with Gasteiger partial charge in [-0.2, -0.15) is 22.6 Å². The third kappa shape index (κ3) is 4.39. The van der Waals surface area contributed by atoms with Crippen molar-refractivity contribution in [2.75, 3.05) is 26.2 Å². The minimum Gasteiger partial charge on any atom is -0.336 e. The van der Waals surface area contributed by atoms with Crippen LogP contribution in [0.2, 0.25) is 0 Å². The average molecular weight is 496 g/mol. The van der Waals surface area contributed by atoms with E-state index in [0.29, 0.717) is 28.4 Å². The van der Waals surface area contributed by atoms with Gasteiger partial charge in [0.25, 0.3) is 5.91 Å². The summed E-state index contributed by atoms with van der Waals surface area (Å²) in [5, 5.41) is 4.96. The molecule has 1 aliphatic rings. The second-order valence-electron chi connectivity index (χ2n) is 8.45. The lowest BCUT2D eigenvalue weighted by Gasteiger charge is -2.34. The summed E-state index contributed by atoms with van der Waals surface area (Å²) in [6.07, 6.45) is -3.04. The van der Waals surface area contributed by atoms with Gasteiger partial charge < -0.3 is 4.90 Å². The molecular weight excluding hydrogens is 471 g/mol. The highest BCUT2D eigenvalue weighted by atomic mass is 32.2. The maximum Gasteiger partial charge on any atom is 0.416 e. The number of halogens is 3. The van der Waals surface area contributed by atoms with E-state index < -0.39 is 26.7 Å². The van der Waals surface area contributed by atoms with Crippen LogP contribution in [0.4, 0.5) is 13.2 Å². The molecule has 0 unspecified atom stereocenters. The van der Waals surface area contributed by atoms with E-state index in [4.69, 9.17) is 0 Å². The predicted octanol–water partition coefficient (Wildman–Crippen LogP) is 3.49. The van der Waals surface area contributed by atoms with E-state index in [1.165, 1.54) is 0 Å². The molecule has 34 heavy (non-hydrogen) atoms. The molecule has 0 aliphatic carbocycles. The Hall–Kier alpha value is -2.99. The van der Waals surface area contributed by atoms with Crippen molar-refractivity contribution in [2.24, 2.45) is 0 Å². The van der Waals surface area contributed by atoms with Crippen molar-refractivity contribution < 1.29 is 26.4 Å². The molecule has 8 nitrogen and oxygen atoms in total. The Morgan fingerprint density at radius 3 is 2.38 bits per heavy atom. The number of sulfonamides is 1. The van der Waals surface area contributed by atoms with Crippen molar-refractivity contribution in [3.8, 4) is 0 Å². The summed E-state index contributed by atoms with van der Waals surface area (Å²) >= 11 is 0. The lowest BCUT2D eigenvalue weighted by molar-refractivity contribution is -0.137. The fourth-order valence-corrected chi connectivity index (χ4v) is 5.45. The molecule has 1 aliphatic heterocycles. The van der Waals surface area contributed by atoms with Gasteiger partial charge in [-0.25, -0.2) is 18.1 Å². The van der Waals surface area contributed by atoms with Crippen LogP contribution in [0, 0.1) is 6.92 Å². The number of rotatable bonds is 4. The highest BCUT2D eigenvalue weighted by Crippen LogP contribution is 2.31. The molecule has 4 rings (SSSR count). The number of hydrogen-bond acceptors (Lipinski definition) is 5. The number of carbonyl (C=O) groups excluding carboxylic acids is 1. The van der Waals surface area contributed by atoms with Crippen LogP contribution in [0.3, 0.4) is 0 Å². The molecule has 182 valence electrons. The Morgan fingerprint density at radius 1 is 1.09 bits per heavy atom. The van der Waals surface area contributed by atoms with Crippen LogP contribution >= 0.6 is 0 Å². The number of benzene rings is 1. The Kier molecular flexibility index (Phi) is 6.15. The highest BCUT2D eigenvalue weighted by molar-refractivity contribution is 7.89. The number of alkyl halides is 3. The van der Waals surface area contributed by atoms with Crippen LogP contribution in [0.25, 0.3) is 11.0 Å². The maximum atomic E-state index is 13.3. The summed E-state index contributed by atoms with van der Waals surface area (Å²) in [7, 11) is -4.13. The van der Waals surface area contributed by atoms with Gasteiger partial charge in [-0.1, -0.05) is 6.07 Å². The van der Waals surface area contributed by atoms with Crippen LogP contribution in [0.15, 0.2) is 41.4 Å². The summed E-state index contributed by atoms with van der Waals surface area (Å²) in [6.45, 7) is 5.87. The number of pyridine rings is 1. The van der Waals surface area contributed by atoms with E-state index in [-0.39, 0.29) is 38.1 Å². The molecule has 0 bridgehead atoms. The summed E-state index contributed by atoms with van der Waals surface area (Å²) in [5.74, 6) is -0.269. The monoisotopic (exact) mass is 495 g/mol. The van der Waals surface area contributed by atoms with Crippen LogP contribution in [0.1, 0.15) is 41.5 Å². The number of nitrogens with zero attached hydrogens (tertiary/aromatic N) is 5. The molecule has 0 N–H and O–H groups in total. The normalized spacial score (nSPS) is 15.9. The van der Waals surface area contributed by atoms with Gasteiger partial charge >= 0.3 is 6.18 Å². The van der Waals surface area contributed by atoms with E-state index in [1.807, 2.05) is 13.8 Å². The molecular formula is C22H24F3N5O3S. The highest BCUT2D eigenvalue weighted by Gasteiger charge is 2.35. The third-order valence-corrected chi connectivity index (χ3v) is 7.63. The summed E-state index contributed by atoms with van der Waals surface area (Å²) in [5.41, 5.74) is 0.665. The van der Waals surface area contributed by atoms with Crippen molar-refractivity contribution >= 4 is 27.0 Å². The minimum absolute atomic E-state index is 0.0250. The number of piperazine rings is 1. The van der Waals surface area contributed by atoms with Gasteiger partial charge in [0.05, 0.1) is 27.6 Å². The van der Waals surface area contributed by atoms with Crippen LogP contribution in [-0.4, -0.2) is 64.5 Å². The first-order valence-corrected chi connectivity index (χ1v) is 12.1. The van der Waals surface area contributed by atoms with Gasteiger partial charge in [-0.15, -0.1) is 0 Å². The molecule has 0 saturated carbocycles. The van der Waals surface area contributed by atoms with Crippen molar-refractivity contribution in [1.82, 2.24) is 24.0 Å². The fraction of sp³-hybridized carbons (Fsp3) is 0.409. The van der Waals surface area contributed by atoms with Crippen molar-refractivity contribution in [2.45, 2.75) is 37.9 Å². The van der Waals surface area contributed by atoms with E-state index in [0.717, 1.165) is 22.5 Å². The minimum atomic E-state index is -4.64. The smallest absolute Gasteiger partial charge is 0.336 e. The standard InChI is InChI=1S/C22H24F3N5O3S/c1-14(2)30-20-19(13-26-30)18(11-15(3)27-20)21(31)28-7-9-29(10-8-28)34(32,33)17-6-4-5-16(12-17)22(23,24)25/h4-6,11-14H,7-10H2,1-3H3. The zero-order valence-corrected chi connectivity index (χ0v) is 19.7. The first-order chi connectivity index (χ1) is 15.9. The van der Waals surface area contributed by atoms with Crippen LogP contribution in [0.5, 0.6) is 0 Å². The quantitative estimate of drug-likeness (QED) is 0.553. The predicted molar refractivity (Wildman–Crippen MR) is 119 cm³/mol. The molecule has 0 radical (unpaired) electrons. The summed E-state index contributed by atoms with van der Waals surface area (Å²) in [6, 6.07) is 5.42. The van der Waals surface area contributed by atoms with Crippen molar-refractivity contribution in [1.29, 1.82) is 0 Å². The second kappa shape index (κ2) is 8.66. The Bertz CT molecular complexity index is 1340. The first-order valence-electron chi connectivity index (χ1n) is 10.7. The van der Waals surface area contributed by atoms with Crippen LogP contribution < -0.4 is 0 Å². The Labute approximate surface area is 195 Å². The van der Waals surface area contributed by atoms with Gasteiger partial charge in [-0.3, -0.25) is 4.79 Å². The molecule has 0 spiro atoms. The number of fused-ring (bicyclic) bond motifs is 1. The molecule has 3 aromatic rings. The van der Waals surface area contributed by atoms with Gasteiger partial charge in [0.15, 0.2) is 5.65 Å². The summed E-state index contributed by atoms with van der Waals surface area (Å²) in [4.78, 5) is 18.9. The van der Waals surface area contributed by atoms with E-state index in [9.17, 15) is 26.4 Å². The third-order valence-electron chi connectivity index (χ3n) is 5.74. The van der Waals surface area contributed by atoms with Crippen molar-refractivity contribution in [3.05, 3.63) is 53.3 Å². The van der Waals surface area contributed by atoms with Gasteiger partial charge in [0.2, 0.25) is 10.0 Å². The topological polar surface area (TPSA) is 88.4 Å². The zero-order chi connectivity index (χ0) is 24.8. The largest absolute Gasteiger partial charge is 0.416 e. The fourth-order valence-electron chi connectivity index (χ4n) is 3.98. The first kappa shape index (κ1) is 24.1. The molecule has 1 aromatic carbocycles. The average Bonchev–Trinajstić information content (AvgIpc) is 3.21. The molecule has 1 amide bonds. The molecule has 3 heterocycles. The van der Waals surface area contributed by atoms with Crippen molar-refractivity contribution in [3.63, 3.8) is 0 Å². The van der Waals surface area contributed by atoms with Crippen LogP contribution in [-0.2, 0) is 16.2 Å². The molecule has 0 atom stereocenters.